The molecule has 1 aromatic carbocycles. The van der Waals surface area contributed by atoms with Crippen LogP contribution in [-0.2, 0) is 24.4 Å². The summed E-state index contributed by atoms with van der Waals surface area (Å²) in [5.74, 6) is -0.891. The Bertz CT molecular complexity index is 1320. The monoisotopic (exact) mass is 483 g/mol. The second-order valence-corrected chi connectivity index (χ2v) is 9.53. The van der Waals surface area contributed by atoms with Gasteiger partial charge in [0.05, 0.1) is 28.2 Å². The van der Waals surface area contributed by atoms with Crippen LogP contribution in [0.15, 0.2) is 47.6 Å². The molecule has 0 radical (unpaired) electrons. The largest absolute Gasteiger partial charge is 0.451 e. The Morgan fingerprint density at radius 2 is 1.85 bits per heavy atom. The number of anilines is 2. The first-order chi connectivity index (χ1) is 16.3. The van der Waals surface area contributed by atoms with Gasteiger partial charge in [0.25, 0.3) is 0 Å². The minimum atomic E-state index is -4.59. The number of alkyl halides is 3. The number of hydrogen-bond donors (Lipinski definition) is 0. The van der Waals surface area contributed by atoms with Crippen molar-refractivity contribution in [3.8, 4) is 0 Å². The third kappa shape index (κ3) is 3.47. The average molecular weight is 484 g/mol. The molecule has 5 nitrogen and oxygen atoms in total. The van der Waals surface area contributed by atoms with Crippen LogP contribution >= 0.6 is 11.6 Å². The van der Waals surface area contributed by atoms with Gasteiger partial charge in [-0.25, -0.2) is 9.97 Å². The lowest BCUT2D eigenvalue weighted by molar-refractivity contribution is -0.144. The summed E-state index contributed by atoms with van der Waals surface area (Å²) < 4.78 is 39.5. The molecule has 0 N–H and O–H groups in total. The molecule has 1 aliphatic carbocycles. The van der Waals surface area contributed by atoms with E-state index >= 15 is 0 Å². The fourth-order valence-corrected chi connectivity index (χ4v) is 5.41. The van der Waals surface area contributed by atoms with Gasteiger partial charge in [-0.15, -0.1) is 0 Å². The molecule has 3 aromatic rings. The van der Waals surface area contributed by atoms with Crippen LogP contribution in [0.4, 0.5) is 30.4 Å². The summed E-state index contributed by atoms with van der Waals surface area (Å²) in [5, 5.41) is 0.678. The summed E-state index contributed by atoms with van der Waals surface area (Å²) in [6.45, 7) is 0.580. The Balaban J connectivity index is 1.35. The quantitative estimate of drug-likeness (QED) is 0.434. The van der Waals surface area contributed by atoms with Crippen molar-refractivity contribution in [1.82, 2.24) is 15.0 Å². The first-order valence-corrected chi connectivity index (χ1v) is 11.8. The molecule has 0 saturated heterocycles. The zero-order valence-electron chi connectivity index (χ0n) is 18.2. The highest BCUT2D eigenvalue weighted by atomic mass is 35.5. The Hall–Kier alpha value is -3.00. The van der Waals surface area contributed by atoms with Crippen LogP contribution in [0, 0.1) is 0 Å². The zero-order valence-corrected chi connectivity index (χ0v) is 19.0. The van der Waals surface area contributed by atoms with Crippen molar-refractivity contribution in [2.24, 2.45) is 4.99 Å². The van der Waals surface area contributed by atoms with Crippen molar-refractivity contribution < 1.29 is 13.2 Å². The van der Waals surface area contributed by atoms with Gasteiger partial charge in [-0.05, 0) is 61.6 Å². The van der Waals surface area contributed by atoms with Crippen molar-refractivity contribution >= 4 is 34.5 Å². The van der Waals surface area contributed by atoms with Crippen LogP contribution in [-0.4, -0.2) is 27.2 Å². The van der Waals surface area contributed by atoms with Gasteiger partial charge >= 0.3 is 6.18 Å². The van der Waals surface area contributed by atoms with Crippen LogP contribution in [0.3, 0.4) is 0 Å². The summed E-state index contributed by atoms with van der Waals surface area (Å²) >= 11 is 6.17. The predicted octanol–water partition coefficient (Wildman–Crippen LogP) is 6.38. The Morgan fingerprint density at radius 3 is 2.62 bits per heavy atom. The minimum Gasteiger partial charge on any atom is -0.325 e. The van der Waals surface area contributed by atoms with E-state index in [1.165, 1.54) is 11.6 Å². The van der Waals surface area contributed by atoms with E-state index in [1.54, 1.807) is 0 Å². The number of aryl methyl sites for hydroxylation is 1. The van der Waals surface area contributed by atoms with Crippen LogP contribution in [0.1, 0.15) is 48.5 Å². The molecule has 2 aromatic heterocycles. The van der Waals surface area contributed by atoms with Crippen molar-refractivity contribution in [2.75, 3.05) is 11.4 Å². The molecule has 9 heteroatoms. The van der Waals surface area contributed by atoms with E-state index in [9.17, 15) is 13.2 Å². The van der Waals surface area contributed by atoms with E-state index < -0.39 is 12.0 Å². The normalized spacial score (nSPS) is 18.7. The number of halogens is 4. The maximum absolute atomic E-state index is 13.2. The second-order valence-electron chi connectivity index (χ2n) is 9.10. The van der Waals surface area contributed by atoms with Crippen molar-refractivity contribution in [2.45, 2.75) is 50.1 Å². The predicted molar refractivity (Wildman–Crippen MR) is 124 cm³/mol. The number of hydrogen-bond acceptors (Lipinski definition) is 5. The summed E-state index contributed by atoms with van der Waals surface area (Å²) in [4.78, 5) is 19.0. The Morgan fingerprint density at radius 1 is 1.00 bits per heavy atom. The third-order valence-electron chi connectivity index (χ3n) is 7.12. The van der Waals surface area contributed by atoms with Crippen LogP contribution in [0.5, 0.6) is 0 Å². The SMILES string of the molecule is FC(F)(F)c1nccc(N2CCCc3nc(C4(C5=Nc6cc(Cl)ccc6C5)CCC4)ccc32)n1. The number of nitrogens with zero attached hydrogens (tertiary/aromatic N) is 5. The van der Waals surface area contributed by atoms with Crippen LogP contribution in [0.2, 0.25) is 5.02 Å². The first-order valence-electron chi connectivity index (χ1n) is 11.4. The molecule has 1 saturated carbocycles. The molecule has 0 atom stereocenters. The molecule has 0 bridgehead atoms. The topological polar surface area (TPSA) is 54.3 Å². The van der Waals surface area contributed by atoms with Crippen molar-refractivity contribution in [3.63, 3.8) is 0 Å². The summed E-state index contributed by atoms with van der Waals surface area (Å²) in [7, 11) is 0. The zero-order chi connectivity index (χ0) is 23.5. The molecule has 0 unspecified atom stereocenters. The molecule has 1 fully saturated rings. The van der Waals surface area contributed by atoms with Crippen LogP contribution in [0.25, 0.3) is 0 Å². The first kappa shape index (κ1) is 21.5. The third-order valence-corrected chi connectivity index (χ3v) is 7.35. The van der Waals surface area contributed by atoms with Gasteiger partial charge in [-0.3, -0.25) is 9.98 Å². The highest BCUT2D eigenvalue weighted by molar-refractivity contribution is 6.31. The maximum atomic E-state index is 13.2. The number of benzene rings is 1. The number of aliphatic imine (C=N–C) groups is 1. The highest BCUT2D eigenvalue weighted by Crippen LogP contribution is 2.49. The number of fused-ring (bicyclic) bond motifs is 2. The second kappa shape index (κ2) is 7.77. The summed E-state index contributed by atoms with van der Waals surface area (Å²) in [5.41, 5.74) is 5.74. The maximum Gasteiger partial charge on any atom is 0.451 e. The molecule has 0 amide bonds. The standard InChI is InChI=1S/C25H21ClF3N5/c26-16-5-4-15-13-21(32-18(15)14-16)24(9-2-10-24)20-7-6-19-17(31-20)3-1-12-34(19)22-8-11-30-23(33-22)25(27,28)29/h4-8,11,14H,1-3,9-10,12-13H2. The van der Waals surface area contributed by atoms with Gasteiger partial charge in [0, 0.05) is 29.9 Å². The van der Waals surface area contributed by atoms with E-state index in [0.29, 0.717) is 11.6 Å². The smallest absolute Gasteiger partial charge is 0.325 e. The number of pyridine rings is 1. The van der Waals surface area contributed by atoms with Gasteiger partial charge < -0.3 is 4.90 Å². The average Bonchev–Trinajstić information content (AvgIpc) is 3.20. The van der Waals surface area contributed by atoms with E-state index in [2.05, 4.69) is 9.97 Å². The number of rotatable bonds is 3. The van der Waals surface area contributed by atoms with Gasteiger partial charge in [-0.2, -0.15) is 13.2 Å². The number of aromatic nitrogens is 3. The lowest BCUT2D eigenvalue weighted by atomic mass is 9.62. The van der Waals surface area contributed by atoms with E-state index in [-0.39, 0.29) is 11.2 Å². The van der Waals surface area contributed by atoms with Crippen molar-refractivity contribution in [3.05, 3.63) is 70.4 Å². The Labute approximate surface area is 199 Å². The molecule has 34 heavy (non-hydrogen) atoms. The minimum absolute atomic E-state index is 0.193. The fourth-order valence-electron chi connectivity index (χ4n) is 5.24. The summed E-state index contributed by atoms with van der Waals surface area (Å²) in [6.07, 6.45) is 2.01. The molecular formula is C25H21ClF3N5. The molecule has 4 heterocycles. The molecule has 0 spiro atoms. The molecule has 6 rings (SSSR count). The van der Waals surface area contributed by atoms with Gasteiger partial charge in [0.1, 0.15) is 5.82 Å². The van der Waals surface area contributed by atoms with Gasteiger partial charge in [0.15, 0.2) is 0 Å². The van der Waals surface area contributed by atoms with E-state index in [1.807, 2.05) is 35.2 Å². The molecule has 3 aliphatic rings. The molecule has 174 valence electrons. The van der Waals surface area contributed by atoms with Crippen molar-refractivity contribution in [1.29, 1.82) is 0 Å². The fraction of sp³-hybridized carbons (Fsp3) is 0.360. The molecular weight excluding hydrogens is 463 g/mol. The van der Waals surface area contributed by atoms with E-state index in [0.717, 1.165) is 73.2 Å². The Kier molecular flexibility index (Phi) is 4.92. The van der Waals surface area contributed by atoms with Gasteiger partial charge in [-0.1, -0.05) is 24.1 Å². The van der Waals surface area contributed by atoms with Crippen LogP contribution < -0.4 is 4.90 Å². The summed E-state index contributed by atoms with van der Waals surface area (Å²) in [6, 6.07) is 11.4. The lowest BCUT2D eigenvalue weighted by Crippen LogP contribution is -2.43. The van der Waals surface area contributed by atoms with E-state index in [4.69, 9.17) is 21.6 Å². The van der Waals surface area contributed by atoms with Gasteiger partial charge in [0.2, 0.25) is 5.82 Å². The highest BCUT2D eigenvalue weighted by Gasteiger charge is 2.46. The lowest BCUT2D eigenvalue weighted by Gasteiger charge is -2.42. The molecule has 2 aliphatic heterocycles.